The van der Waals surface area contributed by atoms with Crippen molar-refractivity contribution in [3.8, 4) is 0 Å². The van der Waals surface area contributed by atoms with Crippen LogP contribution in [0.3, 0.4) is 0 Å². The molecule has 1 unspecified atom stereocenters. The van der Waals surface area contributed by atoms with Crippen LogP contribution in [0.1, 0.15) is 11.1 Å². The van der Waals surface area contributed by atoms with E-state index < -0.39 is 12.0 Å². The molecule has 1 aromatic rings. The zero-order valence-electron chi connectivity index (χ0n) is 8.61. The van der Waals surface area contributed by atoms with E-state index in [1.54, 1.807) is 0 Å². The molecule has 2 rings (SSSR count). The van der Waals surface area contributed by atoms with Gasteiger partial charge in [0.05, 0.1) is 5.02 Å². The molecule has 1 N–H and O–H groups in total. The summed E-state index contributed by atoms with van der Waals surface area (Å²) in [5.74, 6) is -0.403. The standard InChI is InChI=1S/C11H10ClNO2S/c1-6-2-3-7(8(12)4-6)10-13-9(5-16-10)11(14)15/h2-4,9H,5H2,1H3,(H,14,15). The molecule has 16 heavy (non-hydrogen) atoms. The molecule has 0 aliphatic carbocycles. The van der Waals surface area contributed by atoms with E-state index in [-0.39, 0.29) is 0 Å². The number of carboxylic acid groups (broad SMARTS) is 1. The maximum Gasteiger partial charge on any atom is 0.329 e. The Morgan fingerprint density at radius 1 is 1.62 bits per heavy atom. The molecule has 0 spiro atoms. The molecule has 5 heteroatoms. The highest BCUT2D eigenvalue weighted by Crippen LogP contribution is 2.28. The van der Waals surface area contributed by atoms with Gasteiger partial charge in [0, 0.05) is 11.3 Å². The van der Waals surface area contributed by atoms with Gasteiger partial charge in [0.15, 0.2) is 6.04 Å². The normalized spacial score (nSPS) is 19.6. The Morgan fingerprint density at radius 3 is 2.94 bits per heavy atom. The van der Waals surface area contributed by atoms with E-state index in [1.165, 1.54) is 11.8 Å². The molecule has 84 valence electrons. The number of benzene rings is 1. The summed E-state index contributed by atoms with van der Waals surface area (Å²) in [6, 6.07) is 5.04. The molecule has 1 aliphatic heterocycles. The Hall–Kier alpha value is -1.00. The summed E-state index contributed by atoms with van der Waals surface area (Å²) in [5, 5.41) is 10.2. The van der Waals surface area contributed by atoms with E-state index in [0.29, 0.717) is 10.8 Å². The predicted octanol–water partition coefficient (Wildman–Crippen LogP) is 2.60. The number of hydrogen-bond acceptors (Lipinski definition) is 3. The van der Waals surface area contributed by atoms with E-state index in [1.807, 2.05) is 25.1 Å². The highest BCUT2D eigenvalue weighted by Gasteiger charge is 2.25. The van der Waals surface area contributed by atoms with Crippen molar-refractivity contribution in [2.24, 2.45) is 4.99 Å². The summed E-state index contributed by atoms with van der Waals surface area (Å²) in [5.41, 5.74) is 1.90. The lowest BCUT2D eigenvalue weighted by atomic mass is 10.1. The number of halogens is 1. The van der Waals surface area contributed by atoms with Gasteiger partial charge in [-0.1, -0.05) is 23.7 Å². The van der Waals surface area contributed by atoms with E-state index >= 15 is 0 Å². The summed E-state index contributed by atoms with van der Waals surface area (Å²) >= 11 is 7.53. The number of rotatable bonds is 2. The summed E-state index contributed by atoms with van der Waals surface area (Å²) in [6.07, 6.45) is 0. The molecule has 0 fully saturated rings. The quantitative estimate of drug-likeness (QED) is 0.884. The molecular formula is C11H10ClNO2S. The van der Waals surface area contributed by atoms with Crippen LogP contribution >= 0.6 is 23.4 Å². The van der Waals surface area contributed by atoms with Gasteiger partial charge in [-0.3, -0.25) is 4.99 Å². The maximum absolute atomic E-state index is 10.8. The Morgan fingerprint density at radius 2 is 2.38 bits per heavy atom. The van der Waals surface area contributed by atoms with Crippen molar-refractivity contribution in [3.05, 3.63) is 34.3 Å². The predicted molar refractivity (Wildman–Crippen MR) is 66.6 cm³/mol. The SMILES string of the molecule is Cc1ccc(C2=NC(C(=O)O)CS2)c(Cl)c1. The van der Waals surface area contributed by atoms with Crippen molar-refractivity contribution in [2.75, 3.05) is 5.75 Å². The summed E-state index contributed by atoms with van der Waals surface area (Å²) in [6.45, 7) is 1.96. The van der Waals surface area contributed by atoms with Crippen molar-refractivity contribution >= 4 is 34.4 Å². The van der Waals surface area contributed by atoms with Gasteiger partial charge in [-0.15, -0.1) is 11.8 Å². The molecular weight excluding hydrogens is 246 g/mol. The van der Waals surface area contributed by atoms with Crippen LogP contribution in [0.2, 0.25) is 5.02 Å². The molecule has 1 aliphatic rings. The number of carbonyl (C=O) groups is 1. The van der Waals surface area contributed by atoms with Crippen LogP contribution in [0.4, 0.5) is 0 Å². The summed E-state index contributed by atoms with van der Waals surface area (Å²) < 4.78 is 0. The molecule has 3 nitrogen and oxygen atoms in total. The first-order valence-electron chi connectivity index (χ1n) is 4.78. The average Bonchev–Trinajstić information content (AvgIpc) is 2.66. The molecule has 0 amide bonds. The fourth-order valence-corrected chi connectivity index (χ4v) is 2.89. The Kier molecular flexibility index (Phi) is 3.21. The highest BCUT2D eigenvalue weighted by atomic mass is 35.5. The number of aliphatic carboxylic acids is 1. The minimum absolute atomic E-state index is 0.481. The van der Waals surface area contributed by atoms with E-state index in [9.17, 15) is 4.79 Å². The monoisotopic (exact) mass is 255 g/mol. The number of carboxylic acids is 1. The van der Waals surface area contributed by atoms with Gasteiger partial charge in [0.1, 0.15) is 5.04 Å². The molecule has 1 heterocycles. The Bertz CT molecular complexity index is 473. The first-order chi connectivity index (χ1) is 7.58. The van der Waals surface area contributed by atoms with Gasteiger partial charge in [-0.05, 0) is 18.6 Å². The van der Waals surface area contributed by atoms with Crippen LogP contribution in [-0.2, 0) is 4.79 Å². The van der Waals surface area contributed by atoms with Crippen molar-refractivity contribution in [2.45, 2.75) is 13.0 Å². The number of thioether (sulfide) groups is 1. The summed E-state index contributed by atoms with van der Waals surface area (Å²) in [4.78, 5) is 14.9. The van der Waals surface area contributed by atoms with Gasteiger partial charge in [0.25, 0.3) is 0 Å². The highest BCUT2D eigenvalue weighted by molar-refractivity contribution is 8.14. The molecule has 0 aromatic heterocycles. The van der Waals surface area contributed by atoms with Crippen LogP contribution < -0.4 is 0 Å². The largest absolute Gasteiger partial charge is 0.480 e. The lowest BCUT2D eigenvalue weighted by Crippen LogP contribution is -2.17. The van der Waals surface area contributed by atoms with Crippen LogP contribution in [0.15, 0.2) is 23.2 Å². The van der Waals surface area contributed by atoms with E-state index in [2.05, 4.69) is 4.99 Å². The molecule has 1 aromatic carbocycles. The Balaban J connectivity index is 2.32. The summed E-state index contributed by atoms with van der Waals surface area (Å²) in [7, 11) is 0. The van der Waals surface area contributed by atoms with E-state index in [0.717, 1.165) is 16.2 Å². The zero-order valence-corrected chi connectivity index (χ0v) is 10.2. The van der Waals surface area contributed by atoms with Crippen molar-refractivity contribution < 1.29 is 9.90 Å². The third-order valence-electron chi connectivity index (χ3n) is 2.29. The molecule has 0 saturated heterocycles. The molecule has 1 atom stereocenters. The third kappa shape index (κ3) is 2.23. The lowest BCUT2D eigenvalue weighted by molar-refractivity contribution is -0.137. The first-order valence-corrected chi connectivity index (χ1v) is 6.14. The maximum atomic E-state index is 10.8. The number of hydrogen-bond donors (Lipinski definition) is 1. The van der Waals surface area contributed by atoms with Gasteiger partial charge in [-0.25, -0.2) is 4.79 Å². The van der Waals surface area contributed by atoms with E-state index in [4.69, 9.17) is 16.7 Å². The topological polar surface area (TPSA) is 49.7 Å². The molecule has 0 bridgehead atoms. The van der Waals surface area contributed by atoms with Gasteiger partial charge in [-0.2, -0.15) is 0 Å². The third-order valence-corrected chi connectivity index (χ3v) is 3.68. The second-order valence-corrected chi connectivity index (χ2v) is 5.00. The second kappa shape index (κ2) is 4.47. The minimum Gasteiger partial charge on any atom is -0.480 e. The van der Waals surface area contributed by atoms with Crippen molar-refractivity contribution in [1.29, 1.82) is 0 Å². The number of aliphatic imine (C=N–C) groups is 1. The number of nitrogens with zero attached hydrogens (tertiary/aromatic N) is 1. The molecule has 0 saturated carbocycles. The van der Waals surface area contributed by atoms with Gasteiger partial charge >= 0.3 is 5.97 Å². The second-order valence-electron chi connectivity index (χ2n) is 3.58. The zero-order chi connectivity index (χ0) is 11.7. The van der Waals surface area contributed by atoms with Crippen LogP contribution in [0.25, 0.3) is 0 Å². The lowest BCUT2D eigenvalue weighted by Gasteiger charge is -2.03. The van der Waals surface area contributed by atoms with Crippen LogP contribution in [0.5, 0.6) is 0 Å². The Labute approximate surface area is 103 Å². The van der Waals surface area contributed by atoms with Gasteiger partial charge in [0.2, 0.25) is 0 Å². The van der Waals surface area contributed by atoms with Gasteiger partial charge < -0.3 is 5.11 Å². The van der Waals surface area contributed by atoms with Crippen LogP contribution in [0, 0.1) is 6.92 Å². The average molecular weight is 256 g/mol. The fourth-order valence-electron chi connectivity index (χ4n) is 1.44. The number of aryl methyl sites for hydroxylation is 1. The van der Waals surface area contributed by atoms with Crippen molar-refractivity contribution in [1.82, 2.24) is 0 Å². The minimum atomic E-state index is -0.884. The van der Waals surface area contributed by atoms with Crippen molar-refractivity contribution in [3.63, 3.8) is 0 Å². The van der Waals surface area contributed by atoms with Crippen LogP contribution in [-0.4, -0.2) is 27.9 Å². The molecule has 0 radical (unpaired) electrons. The fraction of sp³-hybridized carbons (Fsp3) is 0.273. The smallest absolute Gasteiger partial charge is 0.329 e. The first kappa shape index (κ1) is 11.5.